The average molecular weight is 551 g/mol. The van der Waals surface area contributed by atoms with Gasteiger partial charge in [0, 0.05) is 29.7 Å². The number of piperazine rings is 1. The lowest BCUT2D eigenvalue weighted by Crippen LogP contribution is -2.50. The first-order valence-corrected chi connectivity index (χ1v) is 12.9. The van der Waals surface area contributed by atoms with Crippen LogP contribution in [-0.4, -0.2) is 32.4 Å². The zero-order chi connectivity index (χ0) is 23.0. The van der Waals surface area contributed by atoms with E-state index in [0.29, 0.717) is 26.6 Å². The average Bonchev–Trinajstić information content (AvgIpc) is 2.76. The van der Waals surface area contributed by atoms with Gasteiger partial charge >= 0.3 is 0 Å². The number of hydrogen-bond acceptors (Lipinski definition) is 3. The van der Waals surface area contributed by atoms with Crippen molar-refractivity contribution < 1.29 is 8.42 Å². The van der Waals surface area contributed by atoms with Crippen LogP contribution >= 0.6 is 58.0 Å². The maximum absolute atomic E-state index is 13.4. The van der Waals surface area contributed by atoms with Crippen molar-refractivity contribution in [3.8, 4) is 0 Å². The molecule has 1 aliphatic rings. The summed E-state index contributed by atoms with van der Waals surface area (Å²) in [5.41, 5.74) is 1.69. The quantitative estimate of drug-likeness (QED) is 0.345. The highest BCUT2D eigenvalue weighted by Gasteiger charge is 2.36. The van der Waals surface area contributed by atoms with Crippen LogP contribution in [-0.2, 0) is 10.0 Å². The predicted molar refractivity (Wildman–Crippen MR) is 133 cm³/mol. The normalized spacial score (nSPS) is 17.5. The van der Waals surface area contributed by atoms with Crippen LogP contribution in [0.1, 0.15) is 11.6 Å². The van der Waals surface area contributed by atoms with E-state index in [9.17, 15) is 8.42 Å². The standard InChI is InChI=1S/C22H17Cl5N2O2S/c23-15-3-1-14(2-4-15)22-13-28(32(30,31)17-6-7-18(25)19(26)12-17)9-10-29(22)21-8-5-16(24)11-20(21)27/h1-8,11-12,22H,9-10,13H2. The predicted octanol–water partition coefficient (Wildman–Crippen LogP) is 7.21. The van der Waals surface area contributed by atoms with Gasteiger partial charge in [-0.25, -0.2) is 8.42 Å². The van der Waals surface area contributed by atoms with E-state index in [-0.39, 0.29) is 29.0 Å². The Hall–Kier alpha value is -1.18. The zero-order valence-corrected chi connectivity index (χ0v) is 21.1. The molecule has 10 heteroatoms. The number of anilines is 1. The van der Waals surface area contributed by atoms with Gasteiger partial charge in [-0.05, 0) is 54.1 Å². The van der Waals surface area contributed by atoms with Crippen LogP contribution in [0.25, 0.3) is 0 Å². The molecule has 0 bridgehead atoms. The van der Waals surface area contributed by atoms with Crippen molar-refractivity contribution >= 4 is 73.7 Å². The van der Waals surface area contributed by atoms with Gasteiger partial charge in [0.05, 0.1) is 31.7 Å². The third kappa shape index (κ3) is 4.85. The Bertz CT molecular complexity index is 1250. The Morgan fingerprint density at radius 2 is 1.41 bits per heavy atom. The summed E-state index contributed by atoms with van der Waals surface area (Å²) in [6.07, 6.45) is 0. The molecule has 4 rings (SSSR count). The number of halogens is 5. The maximum atomic E-state index is 13.4. The molecule has 32 heavy (non-hydrogen) atoms. The molecule has 1 unspecified atom stereocenters. The van der Waals surface area contributed by atoms with Crippen molar-refractivity contribution in [3.05, 3.63) is 91.3 Å². The largest absolute Gasteiger partial charge is 0.361 e. The van der Waals surface area contributed by atoms with Gasteiger partial charge in [0.2, 0.25) is 10.0 Å². The third-order valence-electron chi connectivity index (χ3n) is 5.35. The fraction of sp³-hybridized carbons (Fsp3) is 0.182. The highest BCUT2D eigenvalue weighted by Crippen LogP contribution is 2.38. The van der Waals surface area contributed by atoms with Gasteiger partial charge in [-0.2, -0.15) is 4.31 Å². The molecule has 1 saturated heterocycles. The monoisotopic (exact) mass is 548 g/mol. The molecule has 3 aromatic carbocycles. The van der Waals surface area contributed by atoms with Crippen LogP contribution < -0.4 is 4.90 Å². The molecule has 1 fully saturated rings. The maximum Gasteiger partial charge on any atom is 0.243 e. The minimum Gasteiger partial charge on any atom is -0.361 e. The van der Waals surface area contributed by atoms with Gasteiger partial charge in [-0.15, -0.1) is 0 Å². The van der Waals surface area contributed by atoms with E-state index in [4.69, 9.17) is 58.0 Å². The lowest BCUT2D eigenvalue weighted by molar-refractivity contribution is 0.335. The summed E-state index contributed by atoms with van der Waals surface area (Å²) in [5.74, 6) is 0. The highest BCUT2D eigenvalue weighted by molar-refractivity contribution is 7.89. The number of benzene rings is 3. The second-order valence-corrected chi connectivity index (χ2v) is 11.3. The Morgan fingerprint density at radius 1 is 0.719 bits per heavy atom. The van der Waals surface area contributed by atoms with Crippen molar-refractivity contribution in [2.24, 2.45) is 0 Å². The van der Waals surface area contributed by atoms with E-state index in [1.54, 1.807) is 24.3 Å². The van der Waals surface area contributed by atoms with Crippen LogP contribution in [0.5, 0.6) is 0 Å². The first kappa shape index (κ1) is 24.0. The number of hydrogen-bond donors (Lipinski definition) is 0. The van der Waals surface area contributed by atoms with Gasteiger partial charge < -0.3 is 4.90 Å². The molecule has 4 nitrogen and oxygen atoms in total. The SMILES string of the molecule is O=S(=O)(c1ccc(Cl)c(Cl)c1)N1CCN(c2ccc(Cl)cc2Cl)C(c2ccc(Cl)cc2)C1. The van der Waals surface area contributed by atoms with Crippen LogP contribution in [0, 0.1) is 0 Å². The second-order valence-electron chi connectivity index (χ2n) is 7.30. The Balaban J connectivity index is 1.72. The lowest BCUT2D eigenvalue weighted by atomic mass is 10.0. The van der Waals surface area contributed by atoms with E-state index in [1.165, 1.54) is 22.5 Å². The van der Waals surface area contributed by atoms with Crippen LogP contribution in [0.4, 0.5) is 5.69 Å². The molecule has 0 spiro atoms. The van der Waals surface area contributed by atoms with Gasteiger partial charge in [0.1, 0.15) is 0 Å². The second kappa shape index (κ2) is 9.59. The van der Waals surface area contributed by atoms with E-state index < -0.39 is 10.0 Å². The number of rotatable bonds is 4. The fourth-order valence-corrected chi connectivity index (χ4v) is 6.21. The summed E-state index contributed by atoms with van der Waals surface area (Å²) in [5, 5.41) is 2.11. The van der Waals surface area contributed by atoms with Crippen molar-refractivity contribution in [2.75, 3.05) is 24.5 Å². The number of nitrogens with zero attached hydrogens (tertiary/aromatic N) is 2. The minimum atomic E-state index is -3.79. The molecular formula is C22H17Cl5N2O2S. The molecule has 0 N–H and O–H groups in total. The zero-order valence-electron chi connectivity index (χ0n) is 16.5. The summed E-state index contributed by atoms with van der Waals surface area (Å²) in [4.78, 5) is 2.18. The van der Waals surface area contributed by atoms with Crippen molar-refractivity contribution in [2.45, 2.75) is 10.9 Å². The first-order chi connectivity index (χ1) is 15.2. The fourth-order valence-electron chi connectivity index (χ4n) is 3.74. The lowest BCUT2D eigenvalue weighted by Gasteiger charge is -2.42. The molecule has 0 aliphatic carbocycles. The van der Waals surface area contributed by atoms with Crippen molar-refractivity contribution in [1.82, 2.24) is 4.31 Å². The van der Waals surface area contributed by atoms with Crippen molar-refractivity contribution in [3.63, 3.8) is 0 Å². The third-order valence-corrected chi connectivity index (χ3v) is 8.74. The molecule has 3 aromatic rings. The van der Waals surface area contributed by atoms with Crippen LogP contribution in [0.15, 0.2) is 65.6 Å². The summed E-state index contributed by atoms with van der Waals surface area (Å²) in [7, 11) is -3.79. The highest BCUT2D eigenvalue weighted by atomic mass is 35.5. The molecule has 168 valence electrons. The molecular weight excluding hydrogens is 534 g/mol. The summed E-state index contributed by atoms with van der Waals surface area (Å²) in [6, 6.07) is 16.7. The molecule has 0 amide bonds. The molecule has 1 atom stereocenters. The van der Waals surface area contributed by atoms with E-state index >= 15 is 0 Å². The number of sulfonamides is 1. The summed E-state index contributed by atoms with van der Waals surface area (Å²) in [6.45, 7) is 0.907. The molecule has 1 heterocycles. The van der Waals surface area contributed by atoms with Crippen LogP contribution in [0.2, 0.25) is 25.1 Å². The van der Waals surface area contributed by atoms with Gasteiger partial charge in [-0.3, -0.25) is 0 Å². The summed E-state index contributed by atoms with van der Waals surface area (Å²) >= 11 is 30.7. The van der Waals surface area contributed by atoms with E-state index in [0.717, 1.165) is 11.3 Å². The molecule has 0 radical (unpaired) electrons. The minimum absolute atomic E-state index is 0.0970. The topological polar surface area (TPSA) is 40.6 Å². The Kier molecular flexibility index (Phi) is 7.18. The van der Waals surface area contributed by atoms with Crippen molar-refractivity contribution in [1.29, 1.82) is 0 Å². The summed E-state index contributed by atoms with van der Waals surface area (Å²) < 4.78 is 28.2. The van der Waals surface area contributed by atoms with Gasteiger partial charge in [0.15, 0.2) is 0 Å². The first-order valence-electron chi connectivity index (χ1n) is 9.59. The Labute approximate surface area is 212 Å². The van der Waals surface area contributed by atoms with Gasteiger partial charge in [0.25, 0.3) is 0 Å². The molecule has 0 aromatic heterocycles. The van der Waals surface area contributed by atoms with Gasteiger partial charge in [-0.1, -0.05) is 70.1 Å². The molecule has 0 saturated carbocycles. The van der Waals surface area contributed by atoms with E-state index in [2.05, 4.69) is 4.90 Å². The smallest absolute Gasteiger partial charge is 0.243 e. The molecule has 1 aliphatic heterocycles. The van der Waals surface area contributed by atoms with Crippen LogP contribution in [0.3, 0.4) is 0 Å². The van der Waals surface area contributed by atoms with E-state index in [1.807, 2.05) is 18.2 Å². The Morgan fingerprint density at radius 3 is 2.06 bits per heavy atom.